The predicted octanol–water partition coefficient (Wildman–Crippen LogP) is 0.185. The first kappa shape index (κ1) is 20.0. The SMILES string of the molecule is CCn1c(=O)c(C)nc2cc(C(=O)OCC(=O)N[C@H]3CCS(=O)(=O)C3)ccc21. The first-order chi connectivity index (χ1) is 13.2. The second kappa shape index (κ2) is 7.70. The summed E-state index contributed by atoms with van der Waals surface area (Å²) in [6.07, 6.45) is 0.358. The molecule has 1 N–H and O–H groups in total. The molecule has 1 saturated heterocycles. The normalized spacial score (nSPS) is 18.1. The second-order valence-corrected chi connectivity index (χ2v) is 8.92. The lowest BCUT2D eigenvalue weighted by atomic mass is 10.2. The summed E-state index contributed by atoms with van der Waals surface area (Å²) in [6, 6.07) is 4.19. The van der Waals surface area contributed by atoms with Gasteiger partial charge in [0.2, 0.25) is 0 Å². The van der Waals surface area contributed by atoms with Gasteiger partial charge in [0.25, 0.3) is 11.5 Å². The lowest BCUT2D eigenvalue weighted by molar-refractivity contribution is -0.124. The highest BCUT2D eigenvalue weighted by molar-refractivity contribution is 7.91. The van der Waals surface area contributed by atoms with E-state index in [9.17, 15) is 22.8 Å². The molecule has 10 heteroatoms. The van der Waals surface area contributed by atoms with Crippen LogP contribution in [0.15, 0.2) is 23.0 Å². The molecule has 2 aromatic rings. The van der Waals surface area contributed by atoms with Gasteiger partial charge in [-0.05, 0) is 38.5 Å². The number of benzene rings is 1. The number of rotatable bonds is 5. The number of esters is 1. The average molecular weight is 407 g/mol. The van der Waals surface area contributed by atoms with Crippen molar-refractivity contribution in [3.63, 3.8) is 0 Å². The number of nitrogens with one attached hydrogen (secondary N) is 1. The second-order valence-electron chi connectivity index (χ2n) is 6.69. The van der Waals surface area contributed by atoms with Crippen molar-refractivity contribution in [1.82, 2.24) is 14.9 Å². The number of sulfone groups is 1. The van der Waals surface area contributed by atoms with E-state index in [1.165, 1.54) is 12.1 Å². The maximum absolute atomic E-state index is 12.2. The van der Waals surface area contributed by atoms with Gasteiger partial charge in [-0.25, -0.2) is 18.2 Å². The summed E-state index contributed by atoms with van der Waals surface area (Å²) in [4.78, 5) is 40.5. The Morgan fingerprint density at radius 3 is 2.75 bits per heavy atom. The van der Waals surface area contributed by atoms with Crippen LogP contribution in [0.4, 0.5) is 0 Å². The van der Waals surface area contributed by atoms with Crippen LogP contribution in [0.2, 0.25) is 0 Å². The van der Waals surface area contributed by atoms with Crippen LogP contribution in [0.5, 0.6) is 0 Å². The van der Waals surface area contributed by atoms with E-state index in [0.717, 1.165) is 0 Å². The van der Waals surface area contributed by atoms with E-state index in [1.807, 2.05) is 6.92 Å². The number of carbonyl (C=O) groups is 2. The van der Waals surface area contributed by atoms with Crippen molar-refractivity contribution in [2.45, 2.75) is 32.9 Å². The monoisotopic (exact) mass is 407 g/mol. The summed E-state index contributed by atoms with van der Waals surface area (Å²) >= 11 is 0. The van der Waals surface area contributed by atoms with Gasteiger partial charge in [-0.3, -0.25) is 9.59 Å². The Morgan fingerprint density at radius 1 is 1.36 bits per heavy atom. The van der Waals surface area contributed by atoms with Crippen LogP contribution < -0.4 is 10.9 Å². The first-order valence-electron chi connectivity index (χ1n) is 8.88. The molecule has 0 unspecified atom stereocenters. The van der Waals surface area contributed by atoms with E-state index in [4.69, 9.17) is 4.74 Å². The van der Waals surface area contributed by atoms with Crippen LogP contribution in [-0.4, -0.2) is 54.0 Å². The van der Waals surface area contributed by atoms with Gasteiger partial charge < -0.3 is 14.6 Å². The number of nitrogens with zero attached hydrogens (tertiary/aromatic N) is 2. The predicted molar refractivity (Wildman–Crippen MR) is 102 cm³/mol. The molecular formula is C18H21N3O6S. The van der Waals surface area contributed by atoms with Crippen LogP contribution in [0.1, 0.15) is 29.4 Å². The third kappa shape index (κ3) is 4.22. The van der Waals surface area contributed by atoms with Crippen molar-refractivity contribution in [3.05, 3.63) is 39.8 Å². The molecule has 1 amide bonds. The van der Waals surface area contributed by atoms with Crippen molar-refractivity contribution in [1.29, 1.82) is 0 Å². The number of carbonyl (C=O) groups excluding carboxylic acids is 2. The number of amides is 1. The van der Waals surface area contributed by atoms with Gasteiger partial charge in [-0.15, -0.1) is 0 Å². The summed E-state index contributed by atoms with van der Waals surface area (Å²) in [5, 5.41) is 2.55. The van der Waals surface area contributed by atoms with E-state index in [-0.39, 0.29) is 22.6 Å². The molecule has 1 atom stereocenters. The Hall–Kier alpha value is -2.75. The van der Waals surface area contributed by atoms with Crippen molar-refractivity contribution in [3.8, 4) is 0 Å². The fourth-order valence-electron chi connectivity index (χ4n) is 3.21. The molecule has 1 aromatic heterocycles. The highest BCUT2D eigenvalue weighted by Gasteiger charge is 2.29. The minimum Gasteiger partial charge on any atom is -0.452 e. The van der Waals surface area contributed by atoms with Gasteiger partial charge in [0, 0.05) is 12.6 Å². The fraction of sp³-hybridized carbons (Fsp3) is 0.444. The summed E-state index contributed by atoms with van der Waals surface area (Å²) < 4.78 is 29.4. The Morgan fingerprint density at radius 2 is 2.11 bits per heavy atom. The van der Waals surface area contributed by atoms with Crippen molar-refractivity contribution in [2.24, 2.45) is 0 Å². The quantitative estimate of drug-likeness (QED) is 0.701. The van der Waals surface area contributed by atoms with Crippen LogP contribution in [-0.2, 0) is 25.9 Å². The number of aryl methyl sites for hydroxylation is 2. The zero-order valence-electron chi connectivity index (χ0n) is 15.6. The molecule has 1 aliphatic rings. The molecule has 1 aromatic carbocycles. The zero-order valence-corrected chi connectivity index (χ0v) is 16.4. The Balaban J connectivity index is 1.67. The van der Waals surface area contributed by atoms with Crippen LogP contribution in [0.3, 0.4) is 0 Å². The van der Waals surface area contributed by atoms with Crippen molar-refractivity contribution in [2.75, 3.05) is 18.1 Å². The topological polar surface area (TPSA) is 124 Å². The summed E-state index contributed by atoms with van der Waals surface area (Å²) in [7, 11) is -3.10. The van der Waals surface area contributed by atoms with Gasteiger partial charge in [0.1, 0.15) is 5.69 Å². The summed E-state index contributed by atoms with van der Waals surface area (Å²) in [5.74, 6) is -1.30. The Kier molecular flexibility index (Phi) is 5.50. The molecule has 1 fully saturated rings. The van der Waals surface area contributed by atoms with Crippen LogP contribution in [0.25, 0.3) is 11.0 Å². The molecular weight excluding hydrogens is 386 g/mol. The lowest BCUT2D eigenvalue weighted by Crippen LogP contribution is -2.38. The van der Waals surface area contributed by atoms with Gasteiger partial charge in [0.05, 0.1) is 28.1 Å². The lowest BCUT2D eigenvalue weighted by Gasteiger charge is -2.12. The maximum Gasteiger partial charge on any atom is 0.338 e. The molecule has 9 nitrogen and oxygen atoms in total. The van der Waals surface area contributed by atoms with Gasteiger partial charge >= 0.3 is 5.97 Å². The molecule has 0 spiro atoms. The highest BCUT2D eigenvalue weighted by Crippen LogP contribution is 2.15. The molecule has 0 radical (unpaired) electrons. The third-order valence-electron chi connectivity index (χ3n) is 4.59. The van der Waals surface area contributed by atoms with Gasteiger partial charge in [0.15, 0.2) is 16.4 Å². The van der Waals surface area contributed by atoms with E-state index < -0.39 is 34.4 Å². The molecule has 150 valence electrons. The molecule has 0 bridgehead atoms. The molecule has 0 saturated carbocycles. The highest BCUT2D eigenvalue weighted by atomic mass is 32.2. The van der Waals surface area contributed by atoms with E-state index in [0.29, 0.717) is 29.7 Å². The van der Waals surface area contributed by atoms with Crippen molar-refractivity contribution >= 4 is 32.7 Å². The minimum absolute atomic E-state index is 0.0457. The van der Waals surface area contributed by atoms with Crippen LogP contribution in [0, 0.1) is 6.92 Å². The van der Waals surface area contributed by atoms with Gasteiger partial charge in [-0.2, -0.15) is 0 Å². The molecule has 1 aliphatic heterocycles. The standard InChI is InChI=1S/C18H21N3O6S/c1-3-21-15-5-4-12(8-14(15)19-11(2)17(21)23)18(24)27-9-16(22)20-13-6-7-28(25,26)10-13/h4-5,8,13H,3,6-7,9-10H2,1-2H3,(H,20,22)/t13-/m0/s1. The van der Waals surface area contributed by atoms with E-state index in [1.54, 1.807) is 17.6 Å². The number of hydrogen-bond donors (Lipinski definition) is 1. The molecule has 2 heterocycles. The number of fused-ring (bicyclic) bond motifs is 1. The molecule has 3 rings (SSSR count). The number of ether oxygens (including phenoxy) is 1. The third-order valence-corrected chi connectivity index (χ3v) is 6.36. The largest absolute Gasteiger partial charge is 0.452 e. The number of hydrogen-bond acceptors (Lipinski definition) is 7. The zero-order chi connectivity index (χ0) is 20.5. The smallest absolute Gasteiger partial charge is 0.338 e. The average Bonchev–Trinajstić information content (AvgIpc) is 2.98. The fourth-order valence-corrected chi connectivity index (χ4v) is 4.88. The first-order valence-corrected chi connectivity index (χ1v) is 10.7. The Labute approximate surface area is 161 Å². The van der Waals surface area contributed by atoms with Crippen molar-refractivity contribution < 1.29 is 22.7 Å². The van der Waals surface area contributed by atoms with Crippen LogP contribution >= 0.6 is 0 Å². The summed E-state index contributed by atoms with van der Waals surface area (Å²) in [5.41, 5.74) is 1.43. The van der Waals surface area contributed by atoms with E-state index >= 15 is 0 Å². The number of aromatic nitrogens is 2. The maximum atomic E-state index is 12.2. The molecule has 0 aliphatic carbocycles. The van der Waals surface area contributed by atoms with Gasteiger partial charge in [-0.1, -0.05) is 0 Å². The summed E-state index contributed by atoms with van der Waals surface area (Å²) in [6.45, 7) is 3.41. The van der Waals surface area contributed by atoms with E-state index in [2.05, 4.69) is 10.3 Å². The minimum atomic E-state index is -3.10. The Bertz CT molecular complexity index is 1110. The molecule has 28 heavy (non-hydrogen) atoms.